The van der Waals surface area contributed by atoms with Gasteiger partial charge in [-0.3, -0.25) is 14.4 Å². The van der Waals surface area contributed by atoms with Gasteiger partial charge in [0, 0.05) is 26.0 Å². The smallest absolute Gasteiger partial charge is 0.341 e. The minimum atomic E-state index is -0.533. The Kier molecular flexibility index (Phi) is 11.8. The number of benzene rings is 3. The Morgan fingerprint density at radius 3 is 2.54 bits per heavy atom. The van der Waals surface area contributed by atoms with Gasteiger partial charge in [-0.15, -0.1) is 23.1 Å². The summed E-state index contributed by atoms with van der Waals surface area (Å²) in [5.74, 6) is -1.11. The number of carbonyl (C=O) groups is 4. The van der Waals surface area contributed by atoms with Crippen LogP contribution in [0.3, 0.4) is 0 Å². The van der Waals surface area contributed by atoms with Gasteiger partial charge < -0.3 is 20.7 Å². The Balaban J connectivity index is 1.29. The number of ether oxygens (including phenoxy) is 1. The molecule has 8 nitrogen and oxygen atoms in total. The van der Waals surface area contributed by atoms with Gasteiger partial charge in [0.25, 0.3) is 11.8 Å². The van der Waals surface area contributed by atoms with Gasteiger partial charge in [-0.1, -0.05) is 54.9 Å². The molecule has 3 aromatic carbocycles. The number of fused-ring (bicyclic) bond motifs is 1. The Morgan fingerprint density at radius 2 is 1.79 bits per heavy atom. The van der Waals surface area contributed by atoms with Crippen LogP contribution in [0.25, 0.3) is 6.08 Å². The number of hydrogen-bond acceptors (Lipinski definition) is 7. The summed E-state index contributed by atoms with van der Waals surface area (Å²) in [6.07, 6.45) is 4.20. The fourth-order valence-electron chi connectivity index (χ4n) is 5.28. The molecule has 2 atom stereocenters. The van der Waals surface area contributed by atoms with Crippen molar-refractivity contribution in [3.63, 3.8) is 0 Å². The van der Waals surface area contributed by atoms with E-state index in [1.807, 2.05) is 6.07 Å². The fraction of sp³-hybridized carbons (Fsp3) is 0.243. The number of amides is 3. The fourth-order valence-corrected chi connectivity index (χ4v) is 7.81. The second-order valence-corrected chi connectivity index (χ2v) is 14.4. The molecule has 0 aliphatic heterocycles. The zero-order valence-electron chi connectivity index (χ0n) is 26.8. The lowest BCUT2D eigenvalue weighted by atomic mass is 9.88. The maximum Gasteiger partial charge on any atom is 0.341 e. The van der Waals surface area contributed by atoms with Gasteiger partial charge in [-0.05, 0) is 98.7 Å². The predicted octanol–water partition coefficient (Wildman–Crippen LogP) is 8.23. The number of esters is 1. The summed E-state index contributed by atoms with van der Waals surface area (Å²) >= 11 is 8.94. The first kappa shape index (κ1) is 34.9. The molecule has 1 aromatic heterocycles. The standard InChI is InChI=1S/C37H36ClN3O5S2/c1-4-46-37(45)32-29-17-16-22(2)18-31(29)48-36(32)41-33(42)23(3)47-28-15-9-14-27(21-28)39-35(44)30(20-24-10-8-13-26(38)19-24)40-34(43)25-11-6-5-7-12-25/h5-15,19-23H,4,16-18H2,1-3H3,(H,39,44)(H,40,43)(H,41,42)/b30-20-. The highest BCUT2D eigenvalue weighted by Gasteiger charge is 2.30. The first-order chi connectivity index (χ1) is 23.1. The molecule has 4 aromatic rings. The second-order valence-electron chi connectivity index (χ2n) is 11.4. The summed E-state index contributed by atoms with van der Waals surface area (Å²) in [5, 5.41) is 9.08. The van der Waals surface area contributed by atoms with Crippen LogP contribution >= 0.6 is 34.7 Å². The van der Waals surface area contributed by atoms with Crippen molar-refractivity contribution < 1.29 is 23.9 Å². The highest BCUT2D eigenvalue weighted by Crippen LogP contribution is 2.40. The van der Waals surface area contributed by atoms with Crippen LogP contribution < -0.4 is 16.0 Å². The van der Waals surface area contributed by atoms with E-state index in [9.17, 15) is 19.2 Å². The zero-order valence-corrected chi connectivity index (χ0v) is 29.2. The Hall–Kier alpha value is -4.38. The van der Waals surface area contributed by atoms with Gasteiger partial charge in [-0.25, -0.2) is 4.79 Å². The molecule has 0 saturated heterocycles. The molecule has 248 valence electrons. The molecule has 2 unspecified atom stereocenters. The van der Waals surface area contributed by atoms with Gasteiger partial charge in [0.2, 0.25) is 5.91 Å². The molecule has 0 spiro atoms. The van der Waals surface area contributed by atoms with E-state index in [1.165, 1.54) is 23.1 Å². The SMILES string of the molecule is CCOC(=O)c1c(NC(=O)C(C)Sc2cccc(NC(=O)/C(=C/c3cccc(Cl)c3)NC(=O)c3ccccc3)c2)sc2c1CCC(C)C2. The summed E-state index contributed by atoms with van der Waals surface area (Å²) in [5.41, 5.74) is 3.01. The van der Waals surface area contributed by atoms with Crippen LogP contribution in [0, 0.1) is 5.92 Å². The van der Waals surface area contributed by atoms with Crippen LogP contribution in [0.1, 0.15) is 63.9 Å². The topological polar surface area (TPSA) is 114 Å². The molecule has 0 saturated carbocycles. The Morgan fingerprint density at radius 1 is 1.02 bits per heavy atom. The molecule has 0 radical (unpaired) electrons. The van der Waals surface area contributed by atoms with Crippen LogP contribution in [0.15, 0.2) is 89.5 Å². The third-order valence-electron chi connectivity index (χ3n) is 7.69. The van der Waals surface area contributed by atoms with Crippen LogP contribution in [0.4, 0.5) is 10.7 Å². The molecule has 0 bridgehead atoms. The van der Waals surface area contributed by atoms with Crippen molar-refractivity contribution in [2.45, 2.75) is 50.2 Å². The van der Waals surface area contributed by atoms with E-state index in [-0.39, 0.29) is 18.2 Å². The van der Waals surface area contributed by atoms with Gasteiger partial charge in [-0.2, -0.15) is 0 Å². The first-order valence-electron chi connectivity index (χ1n) is 15.7. The lowest BCUT2D eigenvalue weighted by Crippen LogP contribution is -2.30. The van der Waals surface area contributed by atoms with Crippen LogP contribution in [-0.4, -0.2) is 35.5 Å². The normalized spacial score (nSPS) is 14.8. The quantitative estimate of drug-likeness (QED) is 0.0825. The molecule has 3 N–H and O–H groups in total. The predicted molar refractivity (Wildman–Crippen MR) is 194 cm³/mol. The number of thioether (sulfide) groups is 1. The molecule has 5 rings (SSSR count). The van der Waals surface area contributed by atoms with E-state index in [2.05, 4.69) is 22.9 Å². The van der Waals surface area contributed by atoms with Crippen molar-refractivity contribution in [1.82, 2.24) is 5.32 Å². The lowest BCUT2D eigenvalue weighted by molar-refractivity contribution is -0.115. The Bertz CT molecular complexity index is 1860. The summed E-state index contributed by atoms with van der Waals surface area (Å²) in [4.78, 5) is 54.7. The average molecular weight is 702 g/mol. The van der Waals surface area contributed by atoms with E-state index in [4.69, 9.17) is 16.3 Å². The number of thiophene rings is 1. The van der Waals surface area contributed by atoms with Crippen molar-refractivity contribution >= 4 is 75.2 Å². The summed E-state index contributed by atoms with van der Waals surface area (Å²) < 4.78 is 5.34. The summed E-state index contributed by atoms with van der Waals surface area (Å²) in [6, 6.07) is 22.7. The zero-order chi connectivity index (χ0) is 34.2. The lowest BCUT2D eigenvalue weighted by Gasteiger charge is -2.18. The van der Waals surface area contributed by atoms with Crippen molar-refractivity contribution in [2.24, 2.45) is 5.92 Å². The number of carbonyl (C=O) groups excluding carboxylic acids is 4. The van der Waals surface area contributed by atoms with E-state index < -0.39 is 23.0 Å². The van der Waals surface area contributed by atoms with Crippen LogP contribution in [0.2, 0.25) is 5.02 Å². The largest absolute Gasteiger partial charge is 0.462 e. The van der Waals surface area contributed by atoms with Gasteiger partial charge >= 0.3 is 5.97 Å². The van der Waals surface area contributed by atoms with E-state index in [0.29, 0.717) is 38.3 Å². The molecular formula is C37H36ClN3O5S2. The second kappa shape index (κ2) is 16.1. The highest BCUT2D eigenvalue weighted by molar-refractivity contribution is 8.00. The molecule has 1 aliphatic carbocycles. The number of halogens is 1. The monoisotopic (exact) mass is 701 g/mol. The molecule has 1 heterocycles. The first-order valence-corrected chi connectivity index (χ1v) is 17.7. The van der Waals surface area contributed by atoms with Crippen molar-refractivity contribution in [3.05, 3.63) is 117 Å². The molecular weight excluding hydrogens is 666 g/mol. The van der Waals surface area contributed by atoms with Gasteiger partial charge in [0.15, 0.2) is 0 Å². The number of hydrogen-bond donors (Lipinski definition) is 3. The van der Waals surface area contributed by atoms with Gasteiger partial charge in [0.05, 0.1) is 17.4 Å². The van der Waals surface area contributed by atoms with Gasteiger partial charge in [0.1, 0.15) is 10.7 Å². The maximum atomic E-state index is 13.5. The summed E-state index contributed by atoms with van der Waals surface area (Å²) in [7, 11) is 0. The van der Waals surface area contributed by atoms with E-state index in [1.54, 1.807) is 92.7 Å². The minimum Gasteiger partial charge on any atom is -0.462 e. The van der Waals surface area contributed by atoms with Crippen molar-refractivity contribution in [2.75, 3.05) is 17.2 Å². The van der Waals surface area contributed by atoms with Crippen molar-refractivity contribution in [1.29, 1.82) is 0 Å². The Labute approximate surface area is 293 Å². The third-order valence-corrected chi connectivity index (χ3v) is 10.2. The number of nitrogens with one attached hydrogen (secondary N) is 3. The third kappa shape index (κ3) is 8.94. The molecule has 48 heavy (non-hydrogen) atoms. The molecule has 3 amide bonds. The van der Waals surface area contributed by atoms with Crippen LogP contribution in [-0.2, 0) is 27.2 Å². The van der Waals surface area contributed by atoms with E-state index in [0.717, 1.165) is 34.6 Å². The average Bonchev–Trinajstić information content (AvgIpc) is 3.41. The maximum absolute atomic E-state index is 13.5. The van der Waals surface area contributed by atoms with Crippen molar-refractivity contribution in [3.8, 4) is 0 Å². The number of anilines is 2. The number of rotatable bonds is 11. The highest BCUT2D eigenvalue weighted by atomic mass is 35.5. The molecule has 1 aliphatic rings. The van der Waals surface area contributed by atoms with Crippen LogP contribution in [0.5, 0.6) is 0 Å². The summed E-state index contributed by atoms with van der Waals surface area (Å²) in [6.45, 7) is 6.00. The van der Waals surface area contributed by atoms with E-state index >= 15 is 0 Å². The molecule has 0 fully saturated rings. The molecule has 11 heteroatoms. The minimum absolute atomic E-state index is 0.0300.